The van der Waals surface area contributed by atoms with Gasteiger partial charge in [-0.25, -0.2) is 9.78 Å². The topological polar surface area (TPSA) is 121 Å². The molecule has 9 heteroatoms. The predicted octanol–water partition coefficient (Wildman–Crippen LogP) is 2.10. The molecule has 0 spiro atoms. The highest BCUT2D eigenvalue weighted by atomic mass is 32.1. The minimum atomic E-state index is -0.666. The maximum atomic E-state index is 11.9. The molecule has 0 saturated carbocycles. The molecule has 1 aromatic carbocycles. The third kappa shape index (κ3) is 5.71. The smallest absolute Gasteiger partial charge is 0.338 e. The molecule has 0 bridgehead atoms. The Bertz CT molecular complexity index is 823. The number of carbonyl (C=O) groups excluding carboxylic acids is 3. The quantitative estimate of drug-likeness (QED) is 0.763. The van der Waals surface area contributed by atoms with Crippen molar-refractivity contribution in [2.24, 2.45) is 0 Å². The van der Waals surface area contributed by atoms with Crippen LogP contribution in [0, 0.1) is 18.3 Å². The molecule has 8 nitrogen and oxygen atoms in total. The maximum absolute atomic E-state index is 11.9. The molecular formula is C16H14N4O4S. The van der Waals surface area contributed by atoms with E-state index in [0.717, 1.165) is 5.69 Å². The van der Waals surface area contributed by atoms with Crippen LogP contribution < -0.4 is 10.6 Å². The number of aromatic nitrogens is 1. The number of aryl methyl sites for hydroxylation is 1. The van der Waals surface area contributed by atoms with Gasteiger partial charge in [-0.2, -0.15) is 5.26 Å². The molecule has 1 heterocycles. The summed E-state index contributed by atoms with van der Waals surface area (Å²) in [5.74, 6) is -1.59. The molecule has 0 aliphatic heterocycles. The molecule has 1 aromatic heterocycles. The number of rotatable bonds is 6. The molecule has 0 fully saturated rings. The van der Waals surface area contributed by atoms with Crippen molar-refractivity contribution in [3.8, 4) is 6.07 Å². The molecule has 2 amide bonds. The normalized spacial score (nSPS) is 9.76. The molecule has 128 valence electrons. The molecule has 0 atom stereocenters. The lowest BCUT2D eigenvalue weighted by Crippen LogP contribution is -2.20. The highest BCUT2D eigenvalue weighted by molar-refractivity contribution is 7.13. The Labute approximate surface area is 147 Å². The Hall–Kier alpha value is -3.25. The number of hydrogen-bond acceptors (Lipinski definition) is 7. The van der Waals surface area contributed by atoms with Gasteiger partial charge in [0.1, 0.15) is 6.42 Å². The van der Waals surface area contributed by atoms with Crippen molar-refractivity contribution in [2.45, 2.75) is 13.3 Å². The maximum Gasteiger partial charge on any atom is 0.338 e. The molecule has 0 aliphatic carbocycles. The van der Waals surface area contributed by atoms with E-state index < -0.39 is 24.4 Å². The summed E-state index contributed by atoms with van der Waals surface area (Å²) in [6.07, 6.45) is -0.252. The number of amides is 2. The highest BCUT2D eigenvalue weighted by Gasteiger charge is 2.12. The predicted molar refractivity (Wildman–Crippen MR) is 91.1 cm³/mol. The van der Waals surface area contributed by atoms with Crippen molar-refractivity contribution in [1.29, 1.82) is 5.26 Å². The Morgan fingerprint density at radius 2 is 1.92 bits per heavy atom. The molecule has 0 aliphatic rings. The zero-order valence-corrected chi connectivity index (χ0v) is 14.1. The highest BCUT2D eigenvalue weighted by Crippen LogP contribution is 2.14. The van der Waals surface area contributed by atoms with E-state index in [0.29, 0.717) is 10.8 Å². The zero-order chi connectivity index (χ0) is 18.2. The largest absolute Gasteiger partial charge is 0.452 e. The van der Waals surface area contributed by atoms with Gasteiger partial charge in [0.05, 0.1) is 17.3 Å². The average molecular weight is 358 g/mol. The summed E-state index contributed by atoms with van der Waals surface area (Å²) in [5.41, 5.74) is 1.48. The summed E-state index contributed by atoms with van der Waals surface area (Å²) in [4.78, 5) is 39.0. The minimum absolute atomic E-state index is 0.233. The number of hydrogen-bond donors (Lipinski definition) is 2. The number of anilines is 2. The van der Waals surface area contributed by atoms with Crippen LogP contribution in [0.25, 0.3) is 0 Å². The summed E-state index contributed by atoms with van der Waals surface area (Å²) in [6.45, 7) is 1.37. The van der Waals surface area contributed by atoms with E-state index in [4.69, 9.17) is 10.00 Å². The third-order valence-electron chi connectivity index (χ3n) is 2.84. The van der Waals surface area contributed by atoms with Gasteiger partial charge in [0.15, 0.2) is 11.7 Å². The molecular weight excluding hydrogens is 344 g/mol. The van der Waals surface area contributed by atoms with Crippen LogP contribution in [0.5, 0.6) is 0 Å². The van der Waals surface area contributed by atoms with E-state index in [-0.39, 0.29) is 12.0 Å². The Morgan fingerprint density at radius 1 is 1.20 bits per heavy atom. The van der Waals surface area contributed by atoms with Crippen LogP contribution in [-0.2, 0) is 14.3 Å². The Morgan fingerprint density at radius 3 is 2.52 bits per heavy atom. The number of nitrogens with zero attached hydrogens (tertiary/aromatic N) is 2. The molecule has 2 N–H and O–H groups in total. The molecule has 2 aromatic rings. The first-order valence-corrected chi connectivity index (χ1v) is 8.02. The molecule has 25 heavy (non-hydrogen) atoms. The summed E-state index contributed by atoms with van der Waals surface area (Å²) in [5, 5.41) is 15.7. The summed E-state index contributed by atoms with van der Waals surface area (Å²) in [6, 6.07) is 7.65. The molecule has 0 unspecified atom stereocenters. The zero-order valence-electron chi connectivity index (χ0n) is 13.2. The van der Waals surface area contributed by atoms with E-state index in [1.807, 2.05) is 0 Å². The van der Waals surface area contributed by atoms with Crippen molar-refractivity contribution in [1.82, 2.24) is 4.98 Å². The Balaban J connectivity index is 1.83. The van der Waals surface area contributed by atoms with Crippen LogP contribution in [0.4, 0.5) is 10.8 Å². The van der Waals surface area contributed by atoms with E-state index >= 15 is 0 Å². The SMILES string of the molecule is Cc1csc(NC(=O)COC(=O)c2ccc(NC(=O)CC#N)cc2)n1. The lowest BCUT2D eigenvalue weighted by atomic mass is 10.2. The lowest BCUT2D eigenvalue weighted by molar-refractivity contribution is -0.119. The van der Waals surface area contributed by atoms with Crippen LogP contribution in [0.15, 0.2) is 29.6 Å². The van der Waals surface area contributed by atoms with E-state index in [9.17, 15) is 14.4 Å². The fraction of sp³-hybridized carbons (Fsp3) is 0.188. The first-order chi connectivity index (χ1) is 12.0. The number of thiazole rings is 1. The fourth-order valence-electron chi connectivity index (χ4n) is 1.75. The summed E-state index contributed by atoms with van der Waals surface area (Å²) < 4.78 is 4.92. The summed E-state index contributed by atoms with van der Waals surface area (Å²) in [7, 11) is 0. The van der Waals surface area contributed by atoms with Gasteiger partial charge in [-0.1, -0.05) is 0 Å². The van der Waals surface area contributed by atoms with Crippen LogP contribution in [0.1, 0.15) is 22.5 Å². The second-order valence-electron chi connectivity index (χ2n) is 4.88. The van der Waals surface area contributed by atoms with E-state index in [1.165, 1.54) is 35.6 Å². The number of esters is 1. The summed E-state index contributed by atoms with van der Waals surface area (Å²) >= 11 is 1.28. The van der Waals surface area contributed by atoms with Gasteiger partial charge in [-0.05, 0) is 31.2 Å². The minimum Gasteiger partial charge on any atom is -0.452 e. The standard InChI is InChI=1S/C16H14N4O4S/c1-10-9-25-16(18-10)20-14(22)8-24-15(23)11-2-4-12(5-3-11)19-13(21)6-7-17/h2-5,9H,6,8H2,1H3,(H,19,21)(H,18,20,22). The Kier molecular flexibility index (Phi) is 6.20. The average Bonchev–Trinajstić information content (AvgIpc) is 2.98. The monoisotopic (exact) mass is 358 g/mol. The molecule has 0 saturated heterocycles. The second-order valence-corrected chi connectivity index (χ2v) is 5.74. The fourth-order valence-corrected chi connectivity index (χ4v) is 2.45. The number of nitriles is 1. The van der Waals surface area contributed by atoms with Gasteiger partial charge in [0, 0.05) is 11.1 Å². The van der Waals surface area contributed by atoms with Gasteiger partial charge < -0.3 is 10.1 Å². The van der Waals surface area contributed by atoms with E-state index in [2.05, 4.69) is 15.6 Å². The number of benzene rings is 1. The van der Waals surface area contributed by atoms with Gasteiger partial charge in [-0.3, -0.25) is 14.9 Å². The van der Waals surface area contributed by atoms with Gasteiger partial charge >= 0.3 is 5.97 Å². The van der Waals surface area contributed by atoms with Crippen molar-refractivity contribution in [2.75, 3.05) is 17.2 Å². The van der Waals surface area contributed by atoms with Crippen LogP contribution in [0.2, 0.25) is 0 Å². The van der Waals surface area contributed by atoms with E-state index in [1.54, 1.807) is 18.4 Å². The van der Waals surface area contributed by atoms with Gasteiger partial charge in [0.25, 0.3) is 5.91 Å². The first kappa shape index (κ1) is 18.1. The second kappa shape index (κ2) is 8.56. The third-order valence-corrected chi connectivity index (χ3v) is 3.72. The van der Waals surface area contributed by atoms with Crippen molar-refractivity contribution >= 4 is 39.9 Å². The van der Waals surface area contributed by atoms with Crippen LogP contribution in [0.3, 0.4) is 0 Å². The first-order valence-electron chi connectivity index (χ1n) is 7.14. The number of nitrogens with one attached hydrogen (secondary N) is 2. The number of ether oxygens (including phenoxy) is 1. The van der Waals surface area contributed by atoms with Crippen LogP contribution in [-0.4, -0.2) is 29.4 Å². The van der Waals surface area contributed by atoms with Crippen LogP contribution >= 0.6 is 11.3 Å². The van der Waals surface area contributed by atoms with Gasteiger partial charge in [0.2, 0.25) is 5.91 Å². The number of carbonyl (C=O) groups is 3. The van der Waals surface area contributed by atoms with Crippen molar-refractivity contribution in [3.63, 3.8) is 0 Å². The van der Waals surface area contributed by atoms with Crippen molar-refractivity contribution < 1.29 is 19.1 Å². The van der Waals surface area contributed by atoms with Gasteiger partial charge in [-0.15, -0.1) is 11.3 Å². The lowest BCUT2D eigenvalue weighted by Gasteiger charge is -2.06. The molecule has 2 rings (SSSR count). The molecule has 0 radical (unpaired) electrons. The van der Waals surface area contributed by atoms with Crippen molar-refractivity contribution in [3.05, 3.63) is 40.9 Å².